The summed E-state index contributed by atoms with van der Waals surface area (Å²) in [5, 5.41) is 4.40. The highest BCUT2D eigenvalue weighted by Crippen LogP contribution is 2.35. The first-order chi connectivity index (χ1) is 19.8. The Labute approximate surface area is 251 Å². The number of halogens is 2. The Hall–Kier alpha value is -3.78. The number of carbonyl (C=O) groups is 1. The van der Waals surface area contributed by atoms with Crippen LogP contribution in [0.15, 0.2) is 79.1 Å². The molecule has 0 bridgehead atoms. The van der Waals surface area contributed by atoms with E-state index < -0.39 is 12.1 Å². The standard InChI is InChI=1S/C32H33Cl2N3O4/c1-37(2)20-24-7-5-6-8-28(24)36-17-21-9-11-22(12-10-21)32(38)41-30(16-25-26(33)18-35-19-27(25)34)23-13-14-29(39-3)31(15-23)40-4/h5-15,18-19,30,36H,16-17,20H2,1-4H3/p+1/t30-/m0/s1. The number of carbonyl (C=O) groups excluding carboxylic acids is 1. The average molecular weight is 596 g/mol. The molecular weight excluding hydrogens is 561 g/mol. The first-order valence-corrected chi connectivity index (χ1v) is 13.9. The van der Waals surface area contributed by atoms with E-state index in [1.807, 2.05) is 44.4 Å². The molecule has 1 heterocycles. The molecule has 0 aliphatic heterocycles. The maximum absolute atomic E-state index is 13.3. The number of anilines is 1. The number of nitrogens with one attached hydrogen (secondary N) is 2. The highest BCUT2D eigenvalue weighted by molar-refractivity contribution is 6.35. The van der Waals surface area contributed by atoms with Crippen LogP contribution in [0.1, 0.15) is 38.7 Å². The van der Waals surface area contributed by atoms with Crippen LogP contribution in [0.4, 0.5) is 5.69 Å². The minimum absolute atomic E-state index is 0.266. The van der Waals surface area contributed by atoms with E-state index in [9.17, 15) is 4.79 Å². The van der Waals surface area contributed by atoms with Crippen molar-refractivity contribution >= 4 is 34.9 Å². The van der Waals surface area contributed by atoms with Crippen LogP contribution < -0.4 is 19.8 Å². The molecule has 2 N–H and O–H groups in total. The van der Waals surface area contributed by atoms with Crippen LogP contribution in [-0.2, 0) is 24.2 Å². The van der Waals surface area contributed by atoms with Crippen molar-refractivity contribution < 1.29 is 24.0 Å². The highest BCUT2D eigenvalue weighted by Gasteiger charge is 2.24. The number of ether oxygens (including phenoxy) is 3. The first kappa shape index (κ1) is 30.2. The topological polar surface area (TPSA) is 74.2 Å². The van der Waals surface area contributed by atoms with Crippen LogP contribution in [0.2, 0.25) is 10.0 Å². The molecule has 0 spiro atoms. The third-order valence-corrected chi connectivity index (χ3v) is 7.27. The molecule has 0 saturated heterocycles. The fraction of sp³-hybridized carbons (Fsp3) is 0.250. The summed E-state index contributed by atoms with van der Waals surface area (Å²) in [6, 6.07) is 21.0. The van der Waals surface area contributed by atoms with E-state index in [0.717, 1.165) is 17.8 Å². The van der Waals surface area contributed by atoms with Crippen molar-refractivity contribution in [1.82, 2.24) is 4.90 Å². The molecule has 0 unspecified atom stereocenters. The molecule has 214 valence electrons. The zero-order valence-corrected chi connectivity index (χ0v) is 25.1. The van der Waals surface area contributed by atoms with Crippen molar-refractivity contribution in [3.05, 3.63) is 117 Å². The Morgan fingerprint density at radius 1 is 0.927 bits per heavy atom. The summed E-state index contributed by atoms with van der Waals surface area (Å²) in [4.78, 5) is 18.4. The van der Waals surface area contributed by atoms with E-state index in [-0.39, 0.29) is 6.42 Å². The smallest absolute Gasteiger partial charge is 0.338 e. The fourth-order valence-corrected chi connectivity index (χ4v) is 4.99. The predicted molar refractivity (Wildman–Crippen MR) is 162 cm³/mol. The molecule has 0 radical (unpaired) electrons. The van der Waals surface area contributed by atoms with Gasteiger partial charge in [0.25, 0.3) is 0 Å². The summed E-state index contributed by atoms with van der Waals surface area (Å²) in [5.41, 5.74) is 5.15. The predicted octanol–water partition coefficient (Wildman–Crippen LogP) is 6.64. The second-order valence-corrected chi connectivity index (χ2v) is 10.6. The summed E-state index contributed by atoms with van der Waals surface area (Å²) in [6.07, 6.45) is 2.86. The van der Waals surface area contributed by atoms with Crippen LogP contribution in [0, 0.1) is 0 Å². The lowest BCUT2D eigenvalue weighted by atomic mass is 10.0. The van der Waals surface area contributed by atoms with E-state index in [1.54, 1.807) is 50.9 Å². The number of H-pyrrole nitrogens is 1. The zero-order valence-electron chi connectivity index (χ0n) is 23.5. The molecule has 4 aromatic rings. The molecule has 0 aliphatic carbocycles. The summed E-state index contributed by atoms with van der Waals surface area (Å²) in [7, 11) is 7.22. The summed E-state index contributed by atoms with van der Waals surface area (Å²) >= 11 is 12.9. The molecule has 1 aromatic heterocycles. The first-order valence-electron chi connectivity index (χ1n) is 13.1. The van der Waals surface area contributed by atoms with Gasteiger partial charge in [-0.2, -0.15) is 0 Å². The minimum atomic E-state index is -0.686. The fourth-order valence-electron chi connectivity index (χ4n) is 4.46. The van der Waals surface area contributed by atoms with Gasteiger partial charge in [0, 0.05) is 30.8 Å². The van der Waals surface area contributed by atoms with Gasteiger partial charge in [-0.05, 0) is 61.1 Å². The number of hydrogen-bond donors (Lipinski definition) is 1. The maximum atomic E-state index is 13.3. The number of nitrogens with zero attached hydrogens (tertiary/aromatic N) is 1. The van der Waals surface area contributed by atoms with Gasteiger partial charge in [-0.15, -0.1) is 0 Å². The van der Waals surface area contributed by atoms with E-state index in [1.165, 1.54) is 5.56 Å². The van der Waals surface area contributed by atoms with Gasteiger partial charge < -0.3 is 24.4 Å². The van der Waals surface area contributed by atoms with Crippen molar-refractivity contribution in [2.24, 2.45) is 0 Å². The number of pyridine rings is 1. The third-order valence-electron chi connectivity index (χ3n) is 6.59. The molecule has 9 heteroatoms. The Bertz CT molecular complexity index is 1460. The van der Waals surface area contributed by atoms with Gasteiger partial charge in [-0.25, -0.2) is 9.78 Å². The lowest BCUT2D eigenvalue weighted by Crippen LogP contribution is -2.16. The van der Waals surface area contributed by atoms with Gasteiger partial charge in [0.15, 0.2) is 23.9 Å². The molecule has 4 rings (SSSR count). The van der Waals surface area contributed by atoms with Gasteiger partial charge >= 0.3 is 5.97 Å². The molecular formula is C32H34Cl2N3O4+. The van der Waals surface area contributed by atoms with E-state index in [4.69, 9.17) is 37.4 Å². The second kappa shape index (κ2) is 14.2. The molecule has 0 aliphatic rings. The summed E-state index contributed by atoms with van der Waals surface area (Å²) in [6.45, 7) is 1.46. The SMILES string of the molecule is COc1ccc([C@H](Cc2c(Cl)c[nH+]cc2Cl)OC(=O)c2ccc(CNc3ccccc3CN(C)C)cc2)cc1OC. The lowest BCUT2D eigenvalue weighted by Gasteiger charge is -2.21. The summed E-state index contributed by atoms with van der Waals surface area (Å²) < 4.78 is 16.9. The average Bonchev–Trinajstić information content (AvgIpc) is 2.97. The van der Waals surface area contributed by atoms with Crippen LogP contribution >= 0.6 is 23.2 Å². The number of para-hydroxylation sites is 1. The molecule has 41 heavy (non-hydrogen) atoms. The van der Waals surface area contributed by atoms with Gasteiger partial charge in [-0.3, -0.25) is 0 Å². The van der Waals surface area contributed by atoms with Gasteiger partial charge in [0.2, 0.25) is 0 Å². The molecule has 3 aromatic carbocycles. The number of hydrogen-bond acceptors (Lipinski definition) is 6. The zero-order chi connectivity index (χ0) is 29.4. The monoisotopic (exact) mass is 594 g/mol. The van der Waals surface area contributed by atoms with E-state index in [2.05, 4.69) is 27.3 Å². The van der Waals surface area contributed by atoms with Gasteiger partial charge in [0.1, 0.15) is 16.1 Å². The molecule has 0 saturated carbocycles. The van der Waals surface area contributed by atoms with Crippen molar-refractivity contribution in [3.8, 4) is 11.5 Å². The minimum Gasteiger partial charge on any atom is -0.493 e. The van der Waals surface area contributed by atoms with Gasteiger partial charge in [-0.1, -0.05) is 59.6 Å². The van der Waals surface area contributed by atoms with Crippen molar-refractivity contribution in [2.45, 2.75) is 25.6 Å². The van der Waals surface area contributed by atoms with E-state index >= 15 is 0 Å². The highest BCUT2D eigenvalue weighted by atomic mass is 35.5. The van der Waals surface area contributed by atoms with Crippen LogP contribution in [0.3, 0.4) is 0 Å². The molecule has 0 amide bonds. The Morgan fingerprint density at radius 3 is 2.27 bits per heavy atom. The van der Waals surface area contributed by atoms with Crippen LogP contribution in [-0.4, -0.2) is 39.2 Å². The van der Waals surface area contributed by atoms with Crippen molar-refractivity contribution in [2.75, 3.05) is 33.6 Å². The summed E-state index contributed by atoms with van der Waals surface area (Å²) in [5.74, 6) is 0.629. The largest absolute Gasteiger partial charge is 0.493 e. The van der Waals surface area contributed by atoms with Crippen molar-refractivity contribution in [1.29, 1.82) is 0 Å². The van der Waals surface area contributed by atoms with Crippen molar-refractivity contribution in [3.63, 3.8) is 0 Å². The number of aromatic amines is 1. The molecule has 1 atom stereocenters. The van der Waals surface area contributed by atoms with Crippen LogP contribution in [0.25, 0.3) is 0 Å². The molecule has 7 nitrogen and oxygen atoms in total. The Balaban J connectivity index is 1.52. The van der Waals surface area contributed by atoms with E-state index in [0.29, 0.717) is 44.8 Å². The van der Waals surface area contributed by atoms with Gasteiger partial charge in [0.05, 0.1) is 19.8 Å². The normalized spacial score (nSPS) is 11.7. The maximum Gasteiger partial charge on any atom is 0.338 e. The third kappa shape index (κ3) is 7.91. The lowest BCUT2D eigenvalue weighted by molar-refractivity contribution is -0.377. The quantitative estimate of drug-likeness (QED) is 0.185. The Morgan fingerprint density at radius 2 is 1.61 bits per heavy atom. The second-order valence-electron chi connectivity index (χ2n) is 9.79. The molecule has 0 fully saturated rings. The number of benzene rings is 3. The number of esters is 1. The number of aromatic nitrogens is 1. The Kier molecular flexibility index (Phi) is 10.5. The number of methoxy groups -OCH3 is 2. The van der Waals surface area contributed by atoms with Crippen LogP contribution in [0.5, 0.6) is 11.5 Å². The number of rotatable bonds is 12.